The van der Waals surface area contributed by atoms with Crippen LogP contribution in [0.3, 0.4) is 0 Å². The molecular formula is C33H56N2O14. The van der Waals surface area contributed by atoms with Gasteiger partial charge in [-0.3, -0.25) is 14.4 Å². The lowest BCUT2D eigenvalue weighted by atomic mass is 10.1. The number of benzene rings is 1. The van der Waals surface area contributed by atoms with Gasteiger partial charge < -0.3 is 53.7 Å². The summed E-state index contributed by atoms with van der Waals surface area (Å²) in [4.78, 5) is 34.1. The van der Waals surface area contributed by atoms with Gasteiger partial charge in [0.25, 0.3) is 11.8 Å². The number of nitrogens with zero attached hydrogens (tertiary/aromatic N) is 1. The van der Waals surface area contributed by atoms with Crippen molar-refractivity contribution in [1.82, 2.24) is 5.06 Å². The molecule has 6 N–H and O–H groups in total. The Morgan fingerprint density at radius 3 is 1.33 bits per heavy atom. The molecule has 0 bridgehead atoms. The lowest BCUT2D eigenvalue weighted by Crippen LogP contribution is -2.42. The van der Waals surface area contributed by atoms with E-state index in [1.54, 1.807) is 24.3 Å². The van der Waals surface area contributed by atoms with E-state index in [9.17, 15) is 9.59 Å². The number of fused-ring (bicyclic) bond motifs is 1. The monoisotopic (exact) mass is 704 g/mol. The number of nitrogens with two attached hydrogens (primary N) is 1. The molecule has 4 aliphatic heterocycles. The van der Waals surface area contributed by atoms with Crippen LogP contribution in [0.2, 0.25) is 0 Å². The maximum Gasteiger partial charge on any atom is 0.285 e. The maximum atomic E-state index is 12.1. The largest absolute Gasteiger partial charge is 0.396 e. The van der Waals surface area contributed by atoms with Gasteiger partial charge in [-0.05, 0) is 53.7 Å². The molecule has 5 rings (SSSR count). The molecule has 2 amide bonds. The molecule has 3 fully saturated rings. The summed E-state index contributed by atoms with van der Waals surface area (Å²) in [6, 6.07) is 6.68. The first-order valence-corrected chi connectivity index (χ1v) is 16.3. The molecule has 0 spiro atoms. The second kappa shape index (κ2) is 20.6. The maximum absolute atomic E-state index is 12.1. The molecule has 16 heteroatoms. The number of carbonyl (C=O) groups is 2. The molecule has 0 unspecified atom stereocenters. The molecule has 0 radical (unpaired) electrons. The summed E-state index contributed by atoms with van der Waals surface area (Å²) < 4.78 is 32.4. The fraction of sp³-hybridized carbons (Fsp3) is 0.758. The lowest BCUT2D eigenvalue weighted by Gasteiger charge is -2.34. The average Bonchev–Trinajstić information content (AvgIpc) is 3.32. The summed E-state index contributed by atoms with van der Waals surface area (Å²) in [5, 5.41) is 34.1. The van der Waals surface area contributed by atoms with Crippen LogP contribution < -0.4 is 5.90 Å². The van der Waals surface area contributed by atoms with Crippen LogP contribution in [0.25, 0.3) is 0 Å². The van der Waals surface area contributed by atoms with Crippen LogP contribution in [0, 0.1) is 23.7 Å². The molecule has 0 aliphatic carbocycles. The van der Waals surface area contributed by atoms with E-state index < -0.39 is 29.2 Å². The fourth-order valence-electron chi connectivity index (χ4n) is 4.25. The van der Waals surface area contributed by atoms with E-state index in [0.717, 1.165) is 5.06 Å². The zero-order chi connectivity index (χ0) is 36.7. The van der Waals surface area contributed by atoms with Gasteiger partial charge in [-0.1, -0.05) is 12.1 Å². The van der Waals surface area contributed by atoms with Crippen LogP contribution in [-0.4, -0.2) is 134 Å². The van der Waals surface area contributed by atoms with Crippen molar-refractivity contribution >= 4 is 11.8 Å². The van der Waals surface area contributed by atoms with Crippen molar-refractivity contribution in [3.8, 4) is 0 Å². The van der Waals surface area contributed by atoms with Gasteiger partial charge >= 0.3 is 0 Å². The quantitative estimate of drug-likeness (QED) is 0.178. The predicted molar refractivity (Wildman–Crippen MR) is 173 cm³/mol. The van der Waals surface area contributed by atoms with Crippen LogP contribution in [0.5, 0.6) is 0 Å². The summed E-state index contributed by atoms with van der Waals surface area (Å²) in [5.41, 5.74) is 0.750. The first-order valence-electron chi connectivity index (χ1n) is 16.3. The minimum absolute atomic E-state index is 0.0117. The minimum Gasteiger partial charge on any atom is -0.396 e. The number of hydrogen-bond acceptors (Lipinski definition) is 15. The Morgan fingerprint density at radius 1 is 0.673 bits per heavy atom. The molecule has 1 aromatic rings. The molecule has 0 aromatic heterocycles. The Balaban J connectivity index is 0.000000252. The number of hydroxylamine groups is 2. The van der Waals surface area contributed by atoms with E-state index in [0.29, 0.717) is 57.4 Å². The standard InChI is InChI=1S/C15H17NO5.C7H15NO3.C7H14O3.C4H10O3/c1-15(2)19-7-10(8-20-15)9-21-16-13(17)11-5-3-4-6-12(11)14(16)18;1-7(2)9-3-6(4-10-7)5-11-8;1-7(2)9-4-6(3-8)5-10-7;5-1-4(2-6)3-7/h3-6,10H,7-9H2,1-2H3;6H,3-5,8H2,1-2H3;6,8H,3-5H2,1-2H3;4-7H,1-3H2. The molecule has 49 heavy (non-hydrogen) atoms. The zero-order valence-electron chi connectivity index (χ0n) is 29.5. The van der Waals surface area contributed by atoms with E-state index >= 15 is 0 Å². The number of aliphatic hydroxyl groups is 4. The van der Waals surface area contributed by atoms with Gasteiger partial charge in [0.15, 0.2) is 17.4 Å². The first-order chi connectivity index (χ1) is 23.1. The SMILES string of the molecule is CC1(C)OCC(CO)CO1.CC1(C)OCC(CON)CO1.CC1(C)OCC(CON2C(=O)c3ccccc3C2=O)CO1.OCC(CO)CO. The second-order valence-corrected chi connectivity index (χ2v) is 13.3. The molecule has 16 nitrogen and oxygen atoms in total. The van der Waals surface area contributed by atoms with Crippen molar-refractivity contribution in [2.75, 3.05) is 79.3 Å². The Labute approximate surface area is 288 Å². The molecule has 4 heterocycles. The van der Waals surface area contributed by atoms with Crippen LogP contribution in [0.4, 0.5) is 0 Å². The van der Waals surface area contributed by atoms with Gasteiger partial charge in [-0.2, -0.15) is 0 Å². The number of amides is 2. The molecular weight excluding hydrogens is 648 g/mol. The van der Waals surface area contributed by atoms with Crippen molar-refractivity contribution in [3.05, 3.63) is 35.4 Å². The second-order valence-electron chi connectivity index (χ2n) is 13.3. The molecule has 0 saturated carbocycles. The number of imide groups is 1. The minimum atomic E-state index is -0.591. The summed E-state index contributed by atoms with van der Waals surface area (Å²) in [7, 11) is 0. The number of hydrogen-bond donors (Lipinski definition) is 5. The molecule has 0 atom stereocenters. The lowest BCUT2D eigenvalue weighted by molar-refractivity contribution is -0.271. The smallest absolute Gasteiger partial charge is 0.285 e. The highest BCUT2D eigenvalue weighted by atomic mass is 16.7. The van der Waals surface area contributed by atoms with E-state index in [1.165, 1.54) is 0 Å². The molecule has 282 valence electrons. The average molecular weight is 705 g/mol. The van der Waals surface area contributed by atoms with Crippen molar-refractivity contribution in [3.63, 3.8) is 0 Å². The van der Waals surface area contributed by atoms with Gasteiger partial charge in [0.1, 0.15) is 0 Å². The third-order valence-corrected chi connectivity index (χ3v) is 7.56. The zero-order valence-corrected chi connectivity index (χ0v) is 29.5. The van der Waals surface area contributed by atoms with Gasteiger partial charge in [-0.25, -0.2) is 5.90 Å². The number of aliphatic hydroxyl groups excluding tert-OH is 4. The van der Waals surface area contributed by atoms with E-state index in [2.05, 4.69) is 4.84 Å². The molecule has 1 aromatic carbocycles. The van der Waals surface area contributed by atoms with Crippen molar-refractivity contribution < 1.29 is 68.1 Å². The third-order valence-electron chi connectivity index (χ3n) is 7.56. The van der Waals surface area contributed by atoms with Gasteiger partial charge in [-0.15, -0.1) is 5.06 Å². The fourth-order valence-corrected chi connectivity index (χ4v) is 4.25. The Kier molecular flexibility index (Phi) is 18.1. The highest BCUT2D eigenvalue weighted by Gasteiger charge is 2.38. The van der Waals surface area contributed by atoms with E-state index in [-0.39, 0.29) is 56.7 Å². The van der Waals surface area contributed by atoms with Crippen LogP contribution in [0.1, 0.15) is 62.3 Å². The van der Waals surface area contributed by atoms with E-state index in [4.69, 9.17) is 59.6 Å². The Morgan fingerprint density at radius 2 is 1.02 bits per heavy atom. The van der Waals surface area contributed by atoms with Gasteiger partial charge in [0.05, 0.1) is 90.4 Å². The summed E-state index contributed by atoms with van der Waals surface area (Å²) in [6.07, 6.45) is 0. The summed E-state index contributed by atoms with van der Waals surface area (Å²) >= 11 is 0. The highest BCUT2D eigenvalue weighted by molar-refractivity contribution is 6.20. The number of rotatable bonds is 9. The first kappa shape index (κ1) is 43.0. The predicted octanol–water partition coefficient (Wildman–Crippen LogP) is 0.846. The number of carbonyl (C=O) groups excluding carboxylic acids is 2. The highest BCUT2D eigenvalue weighted by Crippen LogP contribution is 2.25. The Hall–Kier alpha value is -2.16. The summed E-state index contributed by atoms with van der Waals surface area (Å²) in [5.74, 6) is 2.66. The van der Waals surface area contributed by atoms with Gasteiger partial charge in [0, 0.05) is 23.7 Å². The number of ether oxygens (including phenoxy) is 6. The van der Waals surface area contributed by atoms with Gasteiger partial charge in [0.2, 0.25) is 0 Å². The topological polar surface area (TPSA) is 218 Å². The van der Waals surface area contributed by atoms with E-state index in [1.807, 2.05) is 41.5 Å². The van der Waals surface area contributed by atoms with Crippen LogP contribution >= 0.6 is 0 Å². The Bertz CT molecular complexity index is 1060. The summed E-state index contributed by atoms with van der Waals surface area (Å²) in [6.45, 7) is 15.1. The van der Waals surface area contributed by atoms with Crippen molar-refractivity contribution in [1.29, 1.82) is 0 Å². The molecule has 4 aliphatic rings. The van der Waals surface area contributed by atoms with Crippen LogP contribution in [-0.2, 0) is 38.1 Å². The van der Waals surface area contributed by atoms with Crippen molar-refractivity contribution in [2.24, 2.45) is 29.6 Å². The molecule has 3 saturated heterocycles. The normalized spacial score (nSPS) is 21.9. The third kappa shape index (κ3) is 14.9. The van der Waals surface area contributed by atoms with Crippen LogP contribution in [0.15, 0.2) is 24.3 Å². The van der Waals surface area contributed by atoms with Crippen molar-refractivity contribution in [2.45, 2.75) is 58.9 Å².